The molecule has 21 heavy (non-hydrogen) atoms. The maximum absolute atomic E-state index is 14.2. The van der Waals surface area contributed by atoms with Crippen molar-refractivity contribution in [3.63, 3.8) is 0 Å². The van der Waals surface area contributed by atoms with Gasteiger partial charge in [0.15, 0.2) is 0 Å². The molecule has 0 N–H and O–H groups in total. The average Bonchev–Trinajstić information content (AvgIpc) is 2.50. The van der Waals surface area contributed by atoms with Gasteiger partial charge in [0.1, 0.15) is 0 Å². The van der Waals surface area contributed by atoms with Crippen molar-refractivity contribution in [2.45, 2.75) is 103 Å². The zero-order chi connectivity index (χ0) is 15.1. The first-order valence-corrected chi connectivity index (χ1v) is 9.49. The van der Waals surface area contributed by atoms with E-state index in [1.165, 1.54) is 38.5 Å². The van der Waals surface area contributed by atoms with Crippen molar-refractivity contribution in [3.05, 3.63) is 0 Å². The van der Waals surface area contributed by atoms with Crippen LogP contribution >= 0.6 is 0 Å². The van der Waals surface area contributed by atoms with Crippen LogP contribution in [0.4, 0.5) is 8.78 Å². The summed E-state index contributed by atoms with van der Waals surface area (Å²) in [4.78, 5) is 0. The highest BCUT2D eigenvalue weighted by atomic mass is 19.3. The number of halogens is 2. The highest BCUT2D eigenvalue weighted by molar-refractivity contribution is 4.81. The molecule has 0 aliphatic heterocycles. The Labute approximate surface area is 130 Å². The van der Waals surface area contributed by atoms with Gasteiger partial charge in [-0.05, 0) is 31.1 Å². The number of alkyl halides is 2. The summed E-state index contributed by atoms with van der Waals surface area (Å²) in [5, 5.41) is 0. The monoisotopic (exact) mass is 300 g/mol. The molecule has 2 aliphatic carbocycles. The van der Waals surface area contributed by atoms with Crippen molar-refractivity contribution in [2.75, 3.05) is 0 Å². The van der Waals surface area contributed by atoms with Crippen molar-refractivity contribution >= 4 is 0 Å². The maximum atomic E-state index is 14.2. The molecule has 0 aromatic rings. The molecule has 2 aliphatic rings. The lowest BCUT2D eigenvalue weighted by Gasteiger charge is -2.31. The summed E-state index contributed by atoms with van der Waals surface area (Å²) >= 11 is 0. The normalized spacial score (nSPS) is 28.7. The van der Waals surface area contributed by atoms with Crippen LogP contribution in [0.5, 0.6) is 0 Å². The molecule has 2 rings (SSSR count). The molecule has 0 nitrogen and oxygen atoms in total. The molecule has 0 atom stereocenters. The minimum atomic E-state index is -2.39. The van der Waals surface area contributed by atoms with E-state index in [1.54, 1.807) is 0 Å². The Bertz CT molecular complexity index is 273. The van der Waals surface area contributed by atoms with E-state index in [4.69, 9.17) is 0 Å². The van der Waals surface area contributed by atoms with Gasteiger partial charge in [0.05, 0.1) is 0 Å². The SMILES string of the molecule is CCCC1CCC(CCCC(F)(F)C2CCCCC2)CC1. The zero-order valence-electron chi connectivity index (χ0n) is 13.9. The van der Waals surface area contributed by atoms with Crippen LogP contribution in [-0.4, -0.2) is 5.92 Å². The van der Waals surface area contributed by atoms with E-state index in [9.17, 15) is 8.78 Å². The van der Waals surface area contributed by atoms with Gasteiger partial charge in [0, 0.05) is 12.3 Å². The highest BCUT2D eigenvalue weighted by Crippen LogP contribution is 2.41. The van der Waals surface area contributed by atoms with Crippen molar-refractivity contribution in [3.8, 4) is 0 Å². The smallest absolute Gasteiger partial charge is 0.207 e. The van der Waals surface area contributed by atoms with Gasteiger partial charge in [-0.3, -0.25) is 0 Å². The number of hydrogen-bond acceptors (Lipinski definition) is 0. The molecule has 0 bridgehead atoms. The van der Waals surface area contributed by atoms with Gasteiger partial charge < -0.3 is 0 Å². The first-order valence-electron chi connectivity index (χ1n) is 9.49. The molecular formula is C19H34F2. The second kappa shape index (κ2) is 8.48. The Balaban J connectivity index is 1.62. The third-order valence-electron chi connectivity index (χ3n) is 5.99. The third kappa shape index (κ3) is 5.53. The van der Waals surface area contributed by atoms with Gasteiger partial charge in [-0.15, -0.1) is 0 Å². The van der Waals surface area contributed by atoms with Crippen LogP contribution in [0, 0.1) is 17.8 Å². The summed E-state index contributed by atoms with van der Waals surface area (Å²) in [6.45, 7) is 2.26. The molecular weight excluding hydrogens is 266 g/mol. The predicted octanol–water partition coefficient (Wildman–Crippen LogP) is 6.98. The molecule has 0 spiro atoms. The fourth-order valence-corrected chi connectivity index (χ4v) is 4.57. The molecule has 2 heteroatoms. The van der Waals surface area contributed by atoms with Crippen LogP contribution in [0.3, 0.4) is 0 Å². The van der Waals surface area contributed by atoms with E-state index in [0.717, 1.165) is 56.8 Å². The Hall–Kier alpha value is -0.140. The Kier molecular flexibility index (Phi) is 6.95. The highest BCUT2D eigenvalue weighted by Gasteiger charge is 2.39. The summed E-state index contributed by atoms with van der Waals surface area (Å²) < 4.78 is 28.5. The molecule has 2 fully saturated rings. The van der Waals surface area contributed by atoms with Crippen molar-refractivity contribution in [1.82, 2.24) is 0 Å². The summed E-state index contributed by atoms with van der Waals surface area (Å²) in [5.41, 5.74) is 0. The maximum Gasteiger partial charge on any atom is 0.250 e. The molecule has 0 saturated heterocycles. The minimum absolute atomic E-state index is 0.145. The van der Waals surface area contributed by atoms with Gasteiger partial charge in [0.2, 0.25) is 0 Å². The molecule has 0 aromatic heterocycles. The van der Waals surface area contributed by atoms with E-state index in [1.807, 2.05) is 0 Å². The molecule has 0 heterocycles. The zero-order valence-corrected chi connectivity index (χ0v) is 13.9. The largest absolute Gasteiger partial charge is 0.250 e. The predicted molar refractivity (Wildman–Crippen MR) is 85.7 cm³/mol. The lowest BCUT2D eigenvalue weighted by molar-refractivity contribution is -0.0796. The van der Waals surface area contributed by atoms with Crippen LogP contribution in [0.25, 0.3) is 0 Å². The second-order valence-corrected chi connectivity index (χ2v) is 7.66. The Morgan fingerprint density at radius 2 is 1.38 bits per heavy atom. The molecule has 0 amide bonds. The van der Waals surface area contributed by atoms with Crippen LogP contribution < -0.4 is 0 Å². The average molecular weight is 300 g/mol. The van der Waals surface area contributed by atoms with E-state index >= 15 is 0 Å². The van der Waals surface area contributed by atoms with E-state index in [2.05, 4.69) is 6.92 Å². The lowest BCUT2D eigenvalue weighted by Crippen LogP contribution is -2.30. The van der Waals surface area contributed by atoms with Crippen molar-refractivity contribution in [1.29, 1.82) is 0 Å². The third-order valence-corrected chi connectivity index (χ3v) is 5.99. The van der Waals surface area contributed by atoms with Gasteiger partial charge in [-0.25, -0.2) is 8.78 Å². The Morgan fingerprint density at radius 3 is 1.95 bits per heavy atom. The van der Waals surface area contributed by atoms with Crippen LogP contribution in [-0.2, 0) is 0 Å². The number of rotatable bonds is 7. The standard InChI is InChI=1S/C19H34F2/c1-2-7-16-11-13-17(14-12-16)8-6-15-19(20,21)18-9-4-3-5-10-18/h16-18H,2-15H2,1H3. The second-order valence-electron chi connectivity index (χ2n) is 7.66. The fraction of sp³-hybridized carbons (Fsp3) is 1.00. The lowest BCUT2D eigenvalue weighted by atomic mass is 9.77. The molecule has 0 radical (unpaired) electrons. The van der Waals surface area contributed by atoms with E-state index in [-0.39, 0.29) is 12.3 Å². The molecule has 124 valence electrons. The summed E-state index contributed by atoms with van der Waals surface area (Å²) in [5.74, 6) is -1.04. The number of hydrogen-bond donors (Lipinski definition) is 0. The Morgan fingerprint density at radius 1 is 0.810 bits per heavy atom. The van der Waals surface area contributed by atoms with Gasteiger partial charge in [0.25, 0.3) is 5.92 Å². The summed E-state index contributed by atoms with van der Waals surface area (Å²) in [6, 6.07) is 0. The molecule has 0 aromatic carbocycles. The first kappa shape index (κ1) is 17.2. The van der Waals surface area contributed by atoms with Crippen molar-refractivity contribution in [2.24, 2.45) is 17.8 Å². The summed E-state index contributed by atoms with van der Waals surface area (Å²) in [6.07, 6.45) is 14.6. The van der Waals surface area contributed by atoms with Gasteiger partial charge >= 0.3 is 0 Å². The van der Waals surface area contributed by atoms with Crippen molar-refractivity contribution < 1.29 is 8.78 Å². The van der Waals surface area contributed by atoms with Crippen LogP contribution in [0.15, 0.2) is 0 Å². The summed E-state index contributed by atoms with van der Waals surface area (Å²) in [7, 11) is 0. The molecule has 0 unspecified atom stereocenters. The van der Waals surface area contributed by atoms with Gasteiger partial charge in [-0.1, -0.05) is 71.1 Å². The fourth-order valence-electron chi connectivity index (χ4n) is 4.57. The quantitative estimate of drug-likeness (QED) is 0.476. The minimum Gasteiger partial charge on any atom is -0.207 e. The van der Waals surface area contributed by atoms with E-state index < -0.39 is 5.92 Å². The first-order chi connectivity index (χ1) is 10.1. The van der Waals surface area contributed by atoms with E-state index in [0.29, 0.717) is 0 Å². The molecule has 2 saturated carbocycles. The van der Waals surface area contributed by atoms with Crippen LogP contribution in [0.2, 0.25) is 0 Å². The topological polar surface area (TPSA) is 0 Å². The van der Waals surface area contributed by atoms with Gasteiger partial charge in [-0.2, -0.15) is 0 Å². The van der Waals surface area contributed by atoms with Crippen LogP contribution in [0.1, 0.15) is 96.8 Å².